The van der Waals surface area contributed by atoms with Crippen molar-refractivity contribution in [3.05, 3.63) is 41.7 Å². The van der Waals surface area contributed by atoms with Crippen molar-refractivity contribution < 1.29 is 0 Å². The van der Waals surface area contributed by atoms with Crippen LogP contribution in [0.5, 0.6) is 0 Å². The standard InChI is InChI=1S/C14H20N6/c1-2-5-12(6-3-1)10-20-8-4-7-13(11-20)15-9-14-16-18-19-17-14/h1-3,5-6,13,15H,4,7-11H2,(H,16,17,18,19). The largest absolute Gasteiger partial charge is 0.306 e. The number of H-pyrrole nitrogens is 1. The zero-order valence-electron chi connectivity index (χ0n) is 11.5. The van der Waals surface area contributed by atoms with E-state index in [1.54, 1.807) is 0 Å². The van der Waals surface area contributed by atoms with Gasteiger partial charge in [0.1, 0.15) is 0 Å². The molecular formula is C14H20N6. The van der Waals surface area contributed by atoms with Crippen LogP contribution in [0.2, 0.25) is 0 Å². The van der Waals surface area contributed by atoms with Crippen molar-refractivity contribution in [2.45, 2.75) is 32.0 Å². The zero-order valence-corrected chi connectivity index (χ0v) is 11.5. The molecule has 1 atom stereocenters. The maximum Gasteiger partial charge on any atom is 0.188 e. The van der Waals surface area contributed by atoms with Crippen LogP contribution in [0, 0.1) is 0 Å². The van der Waals surface area contributed by atoms with Gasteiger partial charge >= 0.3 is 0 Å². The number of nitrogens with one attached hydrogen (secondary N) is 2. The van der Waals surface area contributed by atoms with Crippen molar-refractivity contribution in [1.29, 1.82) is 0 Å². The van der Waals surface area contributed by atoms with E-state index in [9.17, 15) is 0 Å². The van der Waals surface area contributed by atoms with E-state index in [0.29, 0.717) is 12.6 Å². The lowest BCUT2D eigenvalue weighted by molar-refractivity contribution is 0.182. The molecule has 0 spiro atoms. The average molecular weight is 272 g/mol. The highest BCUT2D eigenvalue weighted by molar-refractivity contribution is 5.14. The molecule has 1 saturated heterocycles. The van der Waals surface area contributed by atoms with E-state index in [2.05, 4.69) is 61.2 Å². The summed E-state index contributed by atoms with van der Waals surface area (Å²) in [5, 5.41) is 17.5. The first kappa shape index (κ1) is 13.2. The first-order valence-electron chi connectivity index (χ1n) is 7.12. The van der Waals surface area contributed by atoms with E-state index in [0.717, 1.165) is 18.9 Å². The SMILES string of the molecule is c1ccc(CN2CCCC(NCc3nn[nH]n3)C2)cc1. The molecule has 6 nitrogen and oxygen atoms in total. The van der Waals surface area contributed by atoms with Crippen LogP contribution in [0.1, 0.15) is 24.2 Å². The molecule has 2 aromatic rings. The van der Waals surface area contributed by atoms with Crippen LogP contribution in [0.15, 0.2) is 30.3 Å². The molecule has 1 fully saturated rings. The lowest BCUT2D eigenvalue weighted by Gasteiger charge is -2.33. The summed E-state index contributed by atoms with van der Waals surface area (Å²) in [4.78, 5) is 2.51. The summed E-state index contributed by atoms with van der Waals surface area (Å²) in [5.74, 6) is 0.727. The molecule has 0 bridgehead atoms. The number of aromatic nitrogens is 4. The molecule has 0 aliphatic carbocycles. The summed E-state index contributed by atoms with van der Waals surface area (Å²) in [5.41, 5.74) is 1.38. The quantitative estimate of drug-likeness (QED) is 0.848. The number of hydrogen-bond donors (Lipinski definition) is 2. The van der Waals surface area contributed by atoms with Crippen LogP contribution in [0.25, 0.3) is 0 Å². The molecular weight excluding hydrogens is 252 g/mol. The van der Waals surface area contributed by atoms with Gasteiger partial charge in [0.25, 0.3) is 0 Å². The van der Waals surface area contributed by atoms with Gasteiger partial charge in [0, 0.05) is 19.1 Å². The van der Waals surface area contributed by atoms with Gasteiger partial charge in [-0.05, 0) is 24.9 Å². The zero-order chi connectivity index (χ0) is 13.6. The van der Waals surface area contributed by atoms with Crippen LogP contribution in [0.4, 0.5) is 0 Å². The highest BCUT2D eigenvalue weighted by Crippen LogP contribution is 2.13. The predicted octanol–water partition coefficient (Wildman–Crippen LogP) is 0.954. The third-order valence-corrected chi connectivity index (χ3v) is 3.69. The van der Waals surface area contributed by atoms with Crippen LogP contribution in [-0.2, 0) is 13.1 Å². The van der Waals surface area contributed by atoms with Gasteiger partial charge in [0.05, 0.1) is 6.54 Å². The lowest BCUT2D eigenvalue weighted by atomic mass is 10.0. The fraction of sp³-hybridized carbons (Fsp3) is 0.500. The maximum atomic E-state index is 3.96. The summed E-state index contributed by atoms with van der Waals surface area (Å²) in [6, 6.07) is 11.2. The monoisotopic (exact) mass is 272 g/mol. The minimum atomic E-state index is 0.506. The molecule has 0 saturated carbocycles. The van der Waals surface area contributed by atoms with E-state index in [1.807, 2.05) is 0 Å². The Morgan fingerprint density at radius 3 is 3.00 bits per heavy atom. The second kappa shape index (κ2) is 6.58. The molecule has 6 heteroatoms. The molecule has 1 aliphatic heterocycles. The molecule has 20 heavy (non-hydrogen) atoms. The number of rotatable bonds is 5. The van der Waals surface area contributed by atoms with Crippen LogP contribution >= 0.6 is 0 Å². The van der Waals surface area contributed by atoms with Gasteiger partial charge in [-0.25, -0.2) is 0 Å². The molecule has 1 unspecified atom stereocenters. The highest BCUT2D eigenvalue weighted by Gasteiger charge is 2.19. The number of piperidine rings is 1. The fourth-order valence-corrected chi connectivity index (χ4v) is 2.70. The normalized spacial score (nSPS) is 20.1. The Kier molecular flexibility index (Phi) is 4.35. The molecule has 2 heterocycles. The Labute approximate surface area is 118 Å². The molecule has 3 rings (SSSR count). The topological polar surface area (TPSA) is 69.7 Å². The number of nitrogens with zero attached hydrogens (tertiary/aromatic N) is 4. The molecule has 0 radical (unpaired) electrons. The van der Waals surface area contributed by atoms with Crippen LogP contribution < -0.4 is 5.32 Å². The first-order chi connectivity index (χ1) is 9.90. The van der Waals surface area contributed by atoms with E-state index in [4.69, 9.17) is 0 Å². The maximum absolute atomic E-state index is 3.96. The third kappa shape index (κ3) is 3.61. The second-order valence-corrected chi connectivity index (χ2v) is 5.27. The van der Waals surface area contributed by atoms with Gasteiger partial charge in [-0.15, -0.1) is 10.2 Å². The third-order valence-electron chi connectivity index (χ3n) is 3.69. The van der Waals surface area contributed by atoms with Gasteiger partial charge < -0.3 is 5.32 Å². The summed E-state index contributed by atoms with van der Waals surface area (Å²) in [6.07, 6.45) is 2.44. The van der Waals surface area contributed by atoms with E-state index in [1.165, 1.54) is 24.9 Å². The van der Waals surface area contributed by atoms with Gasteiger partial charge in [-0.2, -0.15) is 5.21 Å². The van der Waals surface area contributed by atoms with Gasteiger partial charge in [0.2, 0.25) is 0 Å². The molecule has 1 aliphatic rings. The van der Waals surface area contributed by atoms with Crippen molar-refractivity contribution in [2.24, 2.45) is 0 Å². The van der Waals surface area contributed by atoms with E-state index < -0.39 is 0 Å². The number of tetrazole rings is 1. The Bertz CT molecular complexity index is 498. The smallest absolute Gasteiger partial charge is 0.188 e. The van der Waals surface area contributed by atoms with E-state index in [-0.39, 0.29) is 0 Å². The molecule has 2 N–H and O–H groups in total. The summed E-state index contributed by atoms with van der Waals surface area (Å²) in [6.45, 7) is 3.96. The molecule has 106 valence electrons. The van der Waals surface area contributed by atoms with Gasteiger partial charge in [0.15, 0.2) is 5.82 Å². The van der Waals surface area contributed by atoms with E-state index >= 15 is 0 Å². The first-order valence-corrected chi connectivity index (χ1v) is 7.12. The molecule has 1 aromatic heterocycles. The minimum absolute atomic E-state index is 0.506. The summed E-state index contributed by atoms with van der Waals surface area (Å²) < 4.78 is 0. The summed E-state index contributed by atoms with van der Waals surface area (Å²) >= 11 is 0. The molecule has 1 aromatic carbocycles. The Morgan fingerprint density at radius 1 is 1.30 bits per heavy atom. The molecule has 0 amide bonds. The summed E-state index contributed by atoms with van der Waals surface area (Å²) in [7, 11) is 0. The minimum Gasteiger partial charge on any atom is -0.306 e. The Balaban J connectivity index is 1.49. The van der Waals surface area contributed by atoms with Crippen molar-refractivity contribution in [1.82, 2.24) is 30.8 Å². The number of likely N-dealkylation sites (tertiary alicyclic amines) is 1. The van der Waals surface area contributed by atoms with Crippen molar-refractivity contribution in [3.8, 4) is 0 Å². The van der Waals surface area contributed by atoms with Crippen molar-refractivity contribution >= 4 is 0 Å². The second-order valence-electron chi connectivity index (χ2n) is 5.27. The van der Waals surface area contributed by atoms with Gasteiger partial charge in [-0.1, -0.05) is 35.5 Å². The van der Waals surface area contributed by atoms with Crippen molar-refractivity contribution in [2.75, 3.05) is 13.1 Å². The fourth-order valence-electron chi connectivity index (χ4n) is 2.70. The average Bonchev–Trinajstić information content (AvgIpc) is 3.00. The Morgan fingerprint density at radius 2 is 2.20 bits per heavy atom. The van der Waals surface area contributed by atoms with Crippen LogP contribution in [-0.4, -0.2) is 44.7 Å². The number of benzene rings is 1. The van der Waals surface area contributed by atoms with Crippen molar-refractivity contribution in [3.63, 3.8) is 0 Å². The Hall–Kier alpha value is -1.79. The lowest BCUT2D eigenvalue weighted by Crippen LogP contribution is -2.45. The predicted molar refractivity (Wildman–Crippen MR) is 75.8 cm³/mol. The number of hydrogen-bond acceptors (Lipinski definition) is 5. The number of aromatic amines is 1. The highest BCUT2D eigenvalue weighted by atomic mass is 15.5. The van der Waals surface area contributed by atoms with Gasteiger partial charge in [-0.3, -0.25) is 4.90 Å². The van der Waals surface area contributed by atoms with Crippen LogP contribution in [0.3, 0.4) is 0 Å².